The van der Waals surface area contributed by atoms with Gasteiger partial charge in [0.2, 0.25) is 0 Å². The molecular weight excluding hydrogens is 366 g/mol. The highest BCUT2D eigenvalue weighted by Crippen LogP contribution is 2.42. The van der Waals surface area contributed by atoms with Crippen molar-refractivity contribution in [2.45, 2.75) is 19.5 Å². The minimum Gasteiger partial charge on any atom is -0.497 e. The number of hydrogen-bond donors (Lipinski definition) is 1. The second-order valence-corrected chi connectivity index (χ2v) is 6.75. The van der Waals surface area contributed by atoms with E-state index in [4.69, 9.17) is 9.47 Å². The van der Waals surface area contributed by atoms with E-state index in [1.54, 1.807) is 55.6 Å². The minimum absolute atomic E-state index is 0.135. The molecule has 2 aromatic carbocycles. The second-order valence-electron chi connectivity index (χ2n) is 6.75. The molecule has 0 unspecified atom stereocenters. The highest BCUT2D eigenvalue weighted by atomic mass is 16.5. The fourth-order valence-electron chi connectivity index (χ4n) is 3.59. The van der Waals surface area contributed by atoms with Crippen molar-refractivity contribution in [1.29, 1.82) is 0 Å². The van der Waals surface area contributed by atoms with Crippen LogP contribution in [0.5, 0.6) is 11.5 Å². The number of anilines is 2. The number of benzene rings is 2. The Kier molecular flexibility index (Phi) is 5.08. The predicted octanol–water partition coefficient (Wildman–Crippen LogP) is 4.43. The van der Waals surface area contributed by atoms with Gasteiger partial charge >= 0.3 is 0 Å². The molecule has 0 saturated heterocycles. The van der Waals surface area contributed by atoms with E-state index in [2.05, 4.69) is 29.4 Å². The zero-order chi connectivity index (χ0) is 20.4. The van der Waals surface area contributed by atoms with E-state index in [0.717, 1.165) is 12.1 Å². The van der Waals surface area contributed by atoms with E-state index >= 15 is 0 Å². The molecule has 1 aliphatic heterocycles. The molecule has 148 valence electrons. The Morgan fingerprint density at radius 2 is 1.93 bits per heavy atom. The van der Waals surface area contributed by atoms with Gasteiger partial charge in [-0.2, -0.15) is 0 Å². The van der Waals surface area contributed by atoms with Crippen molar-refractivity contribution in [1.82, 2.24) is 4.98 Å². The Morgan fingerprint density at radius 3 is 2.69 bits per heavy atom. The summed E-state index contributed by atoms with van der Waals surface area (Å²) in [6.45, 7) is 2.11. The third kappa shape index (κ3) is 3.38. The van der Waals surface area contributed by atoms with Crippen LogP contribution in [0.2, 0.25) is 0 Å². The maximum Gasteiger partial charge on any atom is 0.262 e. The van der Waals surface area contributed by atoms with Crippen LogP contribution in [0.4, 0.5) is 11.4 Å². The average molecular weight is 389 g/mol. The first-order valence-electron chi connectivity index (χ1n) is 9.52. The summed E-state index contributed by atoms with van der Waals surface area (Å²) in [5.41, 5.74) is 4.02. The van der Waals surface area contributed by atoms with Gasteiger partial charge in [-0.25, -0.2) is 0 Å². The van der Waals surface area contributed by atoms with Crippen LogP contribution in [0.1, 0.15) is 34.7 Å². The van der Waals surface area contributed by atoms with Gasteiger partial charge in [0.15, 0.2) is 6.17 Å². The standard InChI is InChI=1S/C23H23N3O3/c1-4-15-7-5-8-16(13-15)25-22-21-18(9-6-12-24-21)23(27)26(22)19-14-17(28-2)10-11-20(19)29-3/h5-14,22,25H,4H2,1-3H3/t22-/m1/s1. The number of ether oxygens (including phenoxy) is 2. The van der Waals surface area contributed by atoms with Gasteiger partial charge in [-0.05, 0) is 48.4 Å². The van der Waals surface area contributed by atoms with Crippen molar-refractivity contribution in [3.63, 3.8) is 0 Å². The minimum atomic E-state index is -0.466. The Labute approximate surface area is 170 Å². The van der Waals surface area contributed by atoms with Gasteiger partial charge in [-0.1, -0.05) is 19.1 Å². The Bertz CT molecular complexity index is 1050. The molecule has 6 nitrogen and oxygen atoms in total. The van der Waals surface area contributed by atoms with Crippen LogP contribution in [0.25, 0.3) is 0 Å². The van der Waals surface area contributed by atoms with Crippen LogP contribution >= 0.6 is 0 Å². The first-order chi connectivity index (χ1) is 14.2. The molecule has 1 aromatic heterocycles. The summed E-state index contributed by atoms with van der Waals surface area (Å²) in [6, 6.07) is 17.2. The van der Waals surface area contributed by atoms with Crippen LogP contribution in [-0.2, 0) is 6.42 Å². The highest BCUT2D eigenvalue weighted by Gasteiger charge is 2.40. The number of aromatic nitrogens is 1. The van der Waals surface area contributed by atoms with Gasteiger partial charge in [0, 0.05) is 18.0 Å². The summed E-state index contributed by atoms with van der Waals surface area (Å²) in [5, 5.41) is 3.49. The third-order valence-electron chi connectivity index (χ3n) is 5.09. The van der Waals surface area contributed by atoms with E-state index in [1.165, 1.54) is 5.56 Å². The lowest BCUT2D eigenvalue weighted by molar-refractivity contribution is 0.0992. The zero-order valence-electron chi connectivity index (χ0n) is 16.7. The second kappa shape index (κ2) is 7.83. The average Bonchev–Trinajstić information content (AvgIpc) is 3.05. The van der Waals surface area contributed by atoms with E-state index in [-0.39, 0.29) is 5.91 Å². The summed E-state index contributed by atoms with van der Waals surface area (Å²) in [5.74, 6) is 1.09. The molecule has 0 saturated carbocycles. The van der Waals surface area contributed by atoms with Crippen LogP contribution in [0.15, 0.2) is 60.8 Å². The summed E-state index contributed by atoms with van der Waals surface area (Å²) in [6.07, 6.45) is 2.17. The highest BCUT2D eigenvalue weighted by molar-refractivity contribution is 6.11. The van der Waals surface area contributed by atoms with Gasteiger partial charge in [0.05, 0.1) is 31.2 Å². The number of hydrogen-bond acceptors (Lipinski definition) is 5. The number of nitrogens with zero attached hydrogens (tertiary/aromatic N) is 2. The van der Waals surface area contributed by atoms with Crippen LogP contribution < -0.4 is 19.7 Å². The van der Waals surface area contributed by atoms with E-state index < -0.39 is 6.17 Å². The number of methoxy groups -OCH3 is 2. The number of amides is 1. The number of nitrogens with one attached hydrogen (secondary N) is 1. The number of aryl methyl sites for hydroxylation is 1. The van der Waals surface area contributed by atoms with E-state index in [1.807, 2.05) is 12.1 Å². The zero-order valence-corrected chi connectivity index (χ0v) is 16.7. The Morgan fingerprint density at radius 1 is 1.07 bits per heavy atom. The SMILES string of the molecule is CCc1cccc(N[C@H]2c3ncccc3C(=O)N2c2cc(OC)ccc2OC)c1. The largest absolute Gasteiger partial charge is 0.497 e. The van der Waals surface area contributed by atoms with Crippen molar-refractivity contribution < 1.29 is 14.3 Å². The van der Waals surface area contributed by atoms with Crippen molar-refractivity contribution in [2.24, 2.45) is 0 Å². The quantitative estimate of drug-likeness (QED) is 0.676. The van der Waals surface area contributed by atoms with Crippen LogP contribution in [-0.4, -0.2) is 25.1 Å². The molecule has 2 heterocycles. The van der Waals surface area contributed by atoms with Crippen molar-refractivity contribution in [3.8, 4) is 11.5 Å². The summed E-state index contributed by atoms with van der Waals surface area (Å²) in [4.78, 5) is 19.5. The third-order valence-corrected chi connectivity index (χ3v) is 5.09. The molecule has 1 aliphatic rings. The maximum atomic E-state index is 13.3. The van der Waals surface area contributed by atoms with Crippen molar-refractivity contribution in [3.05, 3.63) is 77.6 Å². The van der Waals surface area contributed by atoms with E-state index in [9.17, 15) is 4.79 Å². The van der Waals surface area contributed by atoms with Crippen molar-refractivity contribution >= 4 is 17.3 Å². The van der Waals surface area contributed by atoms with Crippen molar-refractivity contribution in [2.75, 3.05) is 24.4 Å². The Hall–Kier alpha value is -3.54. The van der Waals surface area contributed by atoms with Gasteiger partial charge in [0.25, 0.3) is 5.91 Å². The van der Waals surface area contributed by atoms with Gasteiger partial charge in [-0.3, -0.25) is 14.7 Å². The fraction of sp³-hybridized carbons (Fsp3) is 0.217. The lowest BCUT2D eigenvalue weighted by Gasteiger charge is -2.28. The molecule has 4 rings (SSSR count). The fourth-order valence-corrected chi connectivity index (χ4v) is 3.59. The van der Waals surface area contributed by atoms with Gasteiger partial charge in [0.1, 0.15) is 11.5 Å². The number of pyridine rings is 1. The monoisotopic (exact) mass is 389 g/mol. The normalized spacial score (nSPS) is 15.2. The van der Waals surface area contributed by atoms with Gasteiger partial charge in [-0.15, -0.1) is 0 Å². The summed E-state index contributed by atoms with van der Waals surface area (Å²) >= 11 is 0. The first-order valence-corrected chi connectivity index (χ1v) is 9.52. The van der Waals surface area contributed by atoms with Crippen LogP contribution in [0, 0.1) is 0 Å². The maximum absolute atomic E-state index is 13.3. The molecule has 29 heavy (non-hydrogen) atoms. The lowest BCUT2D eigenvalue weighted by atomic mass is 10.1. The number of carbonyl (C=O) groups excluding carboxylic acids is 1. The molecule has 0 fully saturated rings. The number of rotatable bonds is 6. The number of carbonyl (C=O) groups is 1. The first kappa shape index (κ1) is 18.8. The summed E-state index contributed by atoms with van der Waals surface area (Å²) in [7, 11) is 3.18. The molecule has 0 aliphatic carbocycles. The smallest absolute Gasteiger partial charge is 0.262 e. The number of fused-ring (bicyclic) bond motifs is 1. The molecule has 1 amide bonds. The summed E-state index contributed by atoms with van der Waals surface area (Å²) < 4.78 is 10.9. The molecule has 0 radical (unpaired) electrons. The Balaban J connectivity index is 1.82. The topological polar surface area (TPSA) is 63.7 Å². The molecule has 1 N–H and O–H groups in total. The molecule has 6 heteroatoms. The van der Waals surface area contributed by atoms with Gasteiger partial charge < -0.3 is 14.8 Å². The van der Waals surface area contributed by atoms with E-state index in [0.29, 0.717) is 28.4 Å². The van der Waals surface area contributed by atoms with Crippen LogP contribution in [0.3, 0.4) is 0 Å². The molecule has 0 spiro atoms. The molecular formula is C23H23N3O3. The molecule has 0 bridgehead atoms. The predicted molar refractivity (Wildman–Crippen MR) is 113 cm³/mol. The molecule has 1 atom stereocenters. The molecule has 3 aromatic rings. The lowest BCUT2D eigenvalue weighted by Crippen LogP contribution is -2.32.